The van der Waals surface area contributed by atoms with Crippen molar-refractivity contribution < 1.29 is 27.7 Å². The smallest absolute Gasteiger partial charge is 0.268 e. The number of carbonyl (C=O) groups is 2. The topological polar surface area (TPSA) is 80.5 Å². The number of hydrogen-bond donors (Lipinski definition) is 0. The van der Waals surface area contributed by atoms with Crippen LogP contribution in [0.15, 0.2) is 30.3 Å². The van der Waals surface area contributed by atoms with Crippen molar-refractivity contribution in [1.82, 2.24) is 0 Å². The minimum absolute atomic E-state index is 0.0955. The molecule has 0 bridgehead atoms. The average Bonchev–Trinajstić information content (AvgIpc) is 2.79. The molecule has 0 saturated carbocycles. The number of benzene rings is 2. The van der Waals surface area contributed by atoms with E-state index in [4.69, 9.17) is 11.6 Å². The SMILES string of the molecule is Cc1ccc(N2C(=O)c3c(Cl)ccc([N+](=O)[O-])c3C2=O)cc1C(F)(F)F. The van der Waals surface area contributed by atoms with Gasteiger partial charge in [0, 0.05) is 6.07 Å². The molecule has 134 valence electrons. The van der Waals surface area contributed by atoms with Gasteiger partial charge in [-0.2, -0.15) is 13.2 Å². The first-order chi connectivity index (χ1) is 12.0. The van der Waals surface area contributed by atoms with Crippen molar-refractivity contribution in [1.29, 1.82) is 0 Å². The molecule has 0 aliphatic carbocycles. The number of imide groups is 1. The first-order valence-corrected chi connectivity index (χ1v) is 7.45. The molecular weight excluding hydrogens is 377 g/mol. The van der Waals surface area contributed by atoms with Gasteiger partial charge in [-0.25, -0.2) is 4.90 Å². The minimum atomic E-state index is -4.69. The highest BCUT2D eigenvalue weighted by molar-refractivity contribution is 6.42. The van der Waals surface area contributed by atoms with Crippen molar-refractivity contribution >= 4 is 34.8 Å². The van der Waals surface area contributed by atoms with E-state index in [-0.39, 0.29) is 16.3 Å². The lowest BCUT2D eigenvalue weighted by Crippen LogP contribution is -2.30. The van der Waals surface area contributed by atoms with E-state index in [2.05, 4.69) is 0 Å². The zero-order valence-electron chi connectivity index (χ0n) is 12.9. The molecule has 0 N–H and O–H groups in total. The number of aryl methyl sites for hydroxylation is 1. The van der Waals surface area contributed by atoms with Crippen LogP contribution < -0.4 is 4.90 Å². The van der Waals surface area contributed by atoms with Gasteiger partial charge < -0.3 is 0 Å². The van der Waals surface area contributed by atoms with E-state index in [0.29, 0.717) is 11.0 Å². The van der Waals surface area contributed by atoms with Crippen LogP contribution >= 0.6 is 11.6 Å². The zero-order valence-corrected chi connectivity index (χ0v) is 13.7. The maximum absolute atomic E-state index is 13.1. The van der Waals surface area contributed by atoms with E-state index in [9.17, 15) is 32.9 Å². The third-order valence-electron chi connectivity index (χ3n) is 3.95. The van der Waals surface area contributed by atoms with Gasteiger partial charge in [0.15, 0.2) is 0 Å². The van der Waals surface area contributed by atoms with Gasteiger partial charge in [0.2, 0.25) is 0 Å². The lowest BCUT2D eigenvalue weighted by atomic mass is 10.1. The van der Waals surface area contributed by atoms with Crippen LogP contribution in [-0.2, 0) is 6.18 Å². The molecule has 0 spiro atoms. The lowest BCUT2D eigenvalue weighted by molar-refractivity contribution is -0.385. The highest BCUT2D eigenvalue weighted by Gasteiger charge is 2.44. The summed E-state index contributed by atoms with van der Waals surface area (Å²) < 4.78 is 39.3. The number of amides is 2. The Morgan fingerprint density at radius 3 is 2.27 bits per heavy atom. The third-order valence-corrected chi connectivity index (χ3v) is 4.26. The van der Waals surface area contributed by atoms with Gasteiger partial charge in [0.05, 0.1) is 26.8 Å². The number of nitro benzene ring substituents is 1. The van der Waals surface area contributed by atoms with Crippen LogP contribution in [0.1, 0.15) is 31.8 Å². The third kappa shape index (κ3) is 2.60. The Bertz CT molecular complexity index is 988. The summed E-state index contributed by atoms with van der Waals surface area (Å²) in [6.07, 6.45) is -4.69. The van der Waals surface area contributed by atoms with E-state index in [1.807, 2.05) is 0 Å². The predicted molar refractivity (Wildman–Crippen MR) is 85.4 cm³/mol. The van der Waals surface area contributed by atoms with Crippen LogP contribution in [0.3, 0.4) is 0 Å². The summed E-state index contributed by atoms with van der Waals surface area (Å²) in [7, 11) is 0. The van der Waals surface area contributed by atoms with Gasteiger partial charge >= 0.3 is 6.18 Å². The van der Waals surface area contributed by atoms with Crippen LogP contribution in [0.25, 0.3) is 0 Å². The molecule has 0 atom stereocenters. The standard InChI is InChI=1S/C16H8ClF3N2O4/c1-7-2-3-8(6-9(7)16(18,19)20)21-14(23)12-10(17)4-5-11(22(25)26)13(12)15(21)24/h2-6H,1H3. The molecule has 1 aliphatic heterocycles. The zero-order chi connectivity index (χ0) is 19.4. The molecule has 2 amide bonds. The van der Waals surface area contributed by atoms with Crippen LogP contribution in [0.2, 0.25) is 5.02 Å². The molecule has 26 heavy (non-hydrogen) atoms. The summed E-state index contributed by atoms with van der Waals surface area (Å²) in [5.74, 6) is -2.12. The Labute approximate surface area is 148 Å². The van der Waals surface area contributed by atoms with Crippen molar-refractivity contribution in [2.24, 2.45) is 0 Å². The van der Waals surface area contributed by atoms with E-state index >= 15 is 0 Å². The largest absolute Gasteiger partial charge is 0.416 e. The highest BCUT2D eigenvalue weighted by Crippen LogP contribution is 2.40. The number of alkyl halides is 3. The molecule has 0 fully saturated rings. The number of fused-ring (bicyclic) bond motifs is 1. The fourth-order valence-corrected chi connectivity index (χ4v) is 2.99. The molecule has 2 aromatic rings. The average molecular weight is 385 g/mol. The second-order valence-electron chi connectivity index (χ2n) is 5.52. The normalized spacial score (nSPS) is 14.0. The summed E-state index contributed by atoms with van der Waals surface area (Å²) in [4.78, 5) is 35.9. The fraction of sp³-hybridized carbons (Fsp3) is 0.125. The van der Waals surface area contributed by atoms with Crippen LogP contribution in [0.4, 0.5) is 24.5 Å². The fourth-order valence-electron chi connectivity index (χ4n) is 2.75. The molecule has 0 aromatic heterocycles. The summed E-state index contributed by atoms with van der Waals surface area (Å²) in [6, 6.07) is 4.97. The van der Waals surface area contributed by atoms with Crippen molar-refractivity contribution in [3.8, 4) is 0 Å². The molecule has 3 rings (SSSR count). The van der Waals surface area contributed by atoms with Gasteiger partial charge in [-0.15, -0.1) is 0 Å². The van der Waals surface area contributed by atoms with E-state index in [1.54, 1.807) is 0 Å². The summed E-state index contributed by atoms with van der Waals surface area (Å²) in [5, 5.41) is 10.9. The maximum Gasteiger partial charge on any atom is 0.416 e. The number of hydrogen-bond acceptors (Lipinski definition) is 4. The Morgan fingerprint density at radius 1 is 1.08 bits per heavy atom. The van der Waals surface area contributed by atoms with Crippen LogP contribution in [0.5, 0.6) is 0 Å². The highest BCUT2D eigenvalue weighted by atomic mass is 35.5. The number of rotatable bonds is 2. The molecule has 6 nitrogen and oxygen atoms in total. The van der Waals surface area contributed by atoms with Gasteiger partial charge in [-0.1, -0.05) is 17.7 Å². The Hall–Kier alpha value is -2.94. The number of nitrogens with zero attached hydrogens (tertiary/aromatic N) is 2. The van der Waals surface area contributed by atoms with Crippen molar-refractivity contribution in [2.75, 3.05) is 4.90 Å². The molecule has 1 heterocycles. The first kappa shape index (κ1) is 17.9. The monoisotopic (exact) mass is 384 g/mol. The molecule has 0 saturated heterocycles. The van der Waals surface area contributed by atoms with Gasteiger partial charge in [0.25, 0.3) is 17.5 Å². The molecule has 10 heteroatoms. The molecule has 0 radical (unpaired) electrons. The van der Waals surface area contributed by atoms with E-state index in [0.717, 1.165) is 24.3 Å². The summed E-state index contributed by atoms with van der Waals surface area (Å²) in [5.41, 5.74) is -3.05. The van der Waals surface area contributed by atoms with Crippen molar-refractivity contribution in [3.05, 3.63) is 67.7 Å². The van der Waals surface area contributed by atoms with Crippen molar-refractivity contribution in [2.45, 2.75) is 13.1 Å². The van der Waals surface area contributed by atoms with Crippen LogP contribution in [0, 0.1) is 17.0 Å². The maximum atomic E-state index is 13.1. The van der Waals surface area contributed by atoms with Gasteiger partial charge in [0.1, 0.15) is 5.56 Å². The summed E-state index contributed by atoms with van der Waals surface area (Å²) >= 11 is 5.89. The molecule has 2 aromatic carbocycles. The summed E-state index contributed by atoms with van der Waals surface area (Å²) in [6.45, 7) is 1.23. The van der Waals surface area contributed by atoms with Gasteiger partial charge in [-0.3, -0.25) is 19.7 Å². The Morgan fingerprint density at radius 2 is 1.69 bits per heavy atom. The second kappa shape index (κ2) is 5.80. The van der Waals surface area contributed by atoms with E-state index < -0.39 is 45.3 Å². The number of nitro groups is 1. The van der Waals surface area contributed by atoms with Crippen molar-refractivity contribution in [3.63, 3.8) is 0 Å². The van der Waals surface area contributed by atoms with Crippen LogP contribution in [-0.4, -0.2) is 16.7 Å². The first-order valence-electron chi connectivity index (χ1n) is 7.07. The lowest BCUT2D eigenvalue weighted by Gasteiger charge is -2.17. The van der Waals surface area contributed by atoms with E-state index in [1.165, 1.54) is 6.92 Å². The minimum Gasteiger partial charge on any atom is -0.268 e. The Kier molecular flexibility index (Phi) is 3.99. The number of carbonyl (C=O) groups excluding carboxylic acids is 2. The molecule has 1 aliphatic rings. The molecular formula is C16H8ClF3N2O4. The number of halogens is 4. The predicted octanol–water partition coefficient (Wildman–Crippen LogP) is 4.38. The Balaban J connectivity index is 2.20. The molecule has 0 unspecified atom stereocenters. The second-order valence-corrected chi connectivity index (χ2v) is 5.92. The number of anilines is 1. The van der Waals surface area contributed by atoms with Gasteiger partial charge in [-0.05, 0) is 30.7 Å². The quantitative estimate of drug-likeness (QED) is 0.437.